The van der Waals surface area contributed by atoms with Gasteiger partial charge in [-0.1, -0.05) is 13.8 Å². The lowest BCUT2D eigenvalue weighted by atomic mass is 9.91. The lowest BCUT2D eigenvalue weighted by molar-refractivity contribution is -0.136. The number of carbonyl (C=O) groups is 1. The molecule has 0 saturated heterocycles. The molecular weight excluding hydrogens is 363 g/mol. The van der Waals surface area contributed by atoms with Crippen LogP contribution in [0.3, 0.4) is 0 Å². The predicted molar refractivity (Wildman–Crippen MR) is 102 cm³/mol. The molecule has 26 heavy (non-hydrogen) atoms. The second-order valence-corrected chi connectivity index (χ2v) is 5.57. The topological polar surface area (TPSA) is 153 Å². The molecule has 144 valence electrons. The maximum atomic E-state index is 13.1. The minimum atomic E-state index is -0.475. The van der Waals surface area contributed by atoms with Gasteiger partial charge in [0.25, 0.3) is 0 Å². The van der Waals surface area contributed by atoms with Crippen molar-refractivity contribution in [3.8, 4) is 0 Å². The first-order chi connectivity index (χ1) is 11.7. The third-order valence-corrected chi connectivity index (χ3v) is 3.27. The van der Waals surface area contributed by atoms with Gasteiger partial charge in [-0.2, -0.15) is 0 Å². The van der Waals surface area contributed by atoms with Crippen LogP contribution in [0.5, 0.6) is 0 Å². The standard InChI is InChI=1S/C15H18FN3O2.CH5N3.ClH/c1-8(2)12-11(14(20)21-3)13(19-15(17)18-12)9-4-6-10(16)7-5-9;2-1(3)4;/h4-8,12H,1-3H3,(H3,17,18,19);(H5,2,3,4);1H. The second-order valence-electron chi connectivity index (χ2n) is 5.57. The fraction of sp³-hybridized carbons (Fsp3) is 0.312. The van der Waals surface area contributed by atoms with Crippen LogP contribution < -0.4 is 22.5 Å². The lowest BCUT2D eigenvalue weighted by Gasteiger charge is -2.27. The molecule has 0 radical (unpaired) electrons. The summed E-state index contributed by atoms with van der Waals surface area (Å²) in [5.74, 6) is -0.871. The zero-order valence-corrected chi connectivity index (χ0v) is 15.6. The molecule has 0 aromatic heterocycles. The van der Waals surface area contributed by atoms with E-state index in [-0.39, 0.29) is 36.1 Å². The molecular formula is C16H24ClFN6O2. The normalized spacial score (nSPS) is 15.7. The van der Waals surface area contributed by atoms with Gasteiger partial charge >= 0.3 is 5.97 Å². The number of nitrogens with one attached hydrogen (secondary N) is 2. The first kappa shape index (κ1) is 23.2. The molecule has 1 unspecified atom stereocenters. The summed E-state index contributed by atoms with van der Waals surface area (Å²) in [6.45, 7) is 3.88. The Bertz CT molecular complexity index is 699. The summed E-state index contributed by atoms with van der Waals surface area (Å²) in [5, 5.41) is 8.94. The van der Waals surface area contributed by atoms with E-state index in [0.29, 0.717) is 16.8 Å². The van der Waals surface area contributed by atoms with Crippen molar-refractivity contribution < 1.29 is 13.9 Å². The van der Waals surface area contributed by atoms with Gasteiger partial charge in [0, 0.05) is 0 Å². The van der Waals surface area contributed by atoms with Crippen LogP contribution in [0.2, 0.25) is 0 Å². The van der Waals surface area contributed by atoms with E-state index in [2.05, 4.69) is 21.8 Å². The van der Waals surface area contributed by atoms with Crippen LogP contribution in [0.1, 0.15) is 19.4 Å². The van der Waals surface area contributed by atoms with E-state index in [4.69, 9.17) is 15.9 Å². The number of methoxy groups -OCH3 is 1. The number of benzene rings is 1. The Labute approximate surface area is 157 Å². The fourth-order valence-corrected chi connectivity index (χ4v) is 2.25. The van der Waals surface area contributed by atoms with E-state index >= 15 is 0 Å². The van der Waals surface area contributed by atoms with E-state index in [1.54, 1.807) is 12.1 Å². The van der Waals surface area contributed by atoms with E-state index < -0.39 is 12.0 Å². The SMILES string of the molecule is COC(=O)C1=C(c2ccc(F)cc2)NC(N)=NC1C(C)C.Cl.N=C(N)N. The summed E-state index contributed by atoms with van der Waals surface area (Å²) in [7, 11) is 1.32. The zero-order chi connectivity index (χ0) is 19.1. The van der Waals surface area contributed by atoms with Gasteiger partial charge in [-0.25, -0.2) is 14.2 Å². The summed E-state index contributed by atoms with van der Waals surface area (Å²) in [6, 6.07) is 5.41. The van der Waals surface area contributed by atoms with Gasteiger partial charge in [-0.15, -0.1) is 12.4 Å². The summed E-state index contributed by atoms with van der Waals surface area (Å²) in [4.78, 5) is 16.4. The summed E-state index contributed by atoms with van der Waals surface area (Å²) < 4.78 is 17.9. The van der Waals surface area contributed by atoms with Crippen LogP contribution in [0.25, 0.3) is 5.70 Å². The number of carbonyl (C=O) groups excluding carboxylic acids is 1. The number of ether oxygens (including phenoxy) is 1. The highest BCUT2D eigenvalue weighted by Gasteiger charge is 2.32. The minimum Gasteiger partial charge on any atom is -0.466 e. The molecule has 0 amide bonds. The van der Waals surface area contributed by atoms with Gasteiger partial charge < -0.3 is 27.3 Å². The zero-order valence-electron chi connectivity index (χ0n) is 14.7. The van der Waals surface area contributed by atoms with Crippen LogP contribution in [0.4, 0.5) is 4.39 Å². The van der Waals surface area contributed by atoms with Crippen molar-refractivity contribution in [3.05, 3.63) is 41.2 Å². The molecule has 0 spiro atoms. The van der Waals surface area contributed by atoms with E-state index in [1.165, 1.54) is 19.2 Å². The smallest absolute Gasteiger partial charge is 0.338 e. The van der Waals surface area contributed by atoms with E-state index in [9.17, 15) is 9.18 Å². The molecule has 8 N–H and O–H groups in total. The Morgan fingerprint density at radius 2 is 1.81 bits per heavy atom. The molecule has 0 saturated carbocycles. The number of hydrogen-bond donors (Lipinski definition) is 5. The quantitative estimate of drug-likeness (QED) is 0.295. The van der Waals surface area contributed by atoms with Crippen molar-refractivity contribution in [3.63, 3.8) is 0 Å². The molecule has 1 heterocycles. The third kappa shape index (κ3) is 6.25. The van der Waals surface area contributed by atoms with Gasteiger partial charge in [0.2, 0.25) is 0 Å². The van der Waals surface area contributed by atoms with Crippen molar-refractivity contribution in [2.45, 2.75) is 19.9 Å². The Morgan fingerprint density at radius 1 is 1.31 bits per heavy atom. The van der Waals surface area contributed by atoms with Crippen molar-refractivity contribution in [1.29, 1.82) is 5.41 Å². The fourth-order valence-electron chi connectivity index (χ4n) is 2.25. The Kier molecular flexibility index (Phi) is 9.14. The number of nitrogens with zero attached hydrogens (tertiary/aromatic N) is 1. The molecule has 1 aromatic carbocycles. The van der Waals surface area contributed by atoms with Crippen molar-refractivity contribution in [1.82, 2.24) is 5.32 Å². The third-order valence-electron chi connectivity index (χ3n) is 3.27. The summed E-state index contributed by atoms with van der Waals surface area (Å²) in [5.41, 5.74) is 16.3. The van der Waals surface area contributed by atoms with Gasteiger partial charge in [0.15, 0.2) is 11.9 Å². The maximum Gasteiger partial charge on any atom is 0.338 e. The van der Waals surface area contributed by atoms with Crippen molar-refractivity contribution in [2.75, 3.05) is 7.11 Å². The van der Waals surface area contributed by atoms with Crippen LogP contribution in [0, 0.1) is 17.1 Å². The number of nitrogens with two attached hydrogens (primary N) is 3. The van der Waals surface area contributed by atoms with E-state index in [0.717, 1.165) is 0 Å². The number of halogens is 2. The molecule has 1 aliphatic rings. The number of hydrogen-bond acceptors (Lipinski definition) is 6. The monoisotopic (exact) mass is 386 g/mol. The lowest BCUT2D eigenvalue weighted by Crippen LogP contribution is -2.41. The highest BCUT2D eigenvalue weighted by atomic mass is 35.5. The first-order valence-electron chi connectivity index (χ1n) is 7.45. The Morgan fingerprint density at radius 3 is 2.23 bits per heavy atom. The molecule has 0 bridgehead atoms. The maximum absolute atomic E-state index is 13.1. The van der Waals surface area contributed by atoms with Crippen LogP contribution >= 0.6 is 12.4 Å². The Balaban J connectivity index is 0.00000113. The van der Waals surface area contributed by atoms with Crippen LogP contribution in [-0.2, 0) is 9.53 Å². The number of aliphatic imine (C=N–C) groups is 1. The highest BCUT2D eigenvalue weighted by Crippen LogP contribution is 2.28. The molecule has 1 aromatic rings. The van der Waals surface area contributed by atoms with Gasteiger partial charge in [0.1, 0.15) is 5.82 Å². The average Bonchev–Trinajstić information content (AvgIpc) is 2.53. The molecule has 0 fully saturated rings. The predicted octanol–water partition coefficient (Wildman–Crippen LogP) is 0.913. The van der Waals surface area contributed by atoms with Gasteiger partial charge in [0.05, 0.1) is 24.4 Å². The highest BCUT2D eigenvalue weighted by molar-refractivity contribution is 6.04. The number of guanidine groups is 2. The summed E-state index contributed by atoms with van der Waals surface area (Å²) in [6.07, 6.45) is 0. The second kappa shape index (κ2) is 10.2. The van der Waals surface area contributed by atoms with Crippen molar-refractivity contribution >= 4 is 36.0 Å². The number of rotatable bonds is 3. The minimum absolute atomic E-state index is 0. The molecule has 10 heteroatoms. The van der Waals surface area contributed by atoms with Crippen LogP contribution in [-0.4, -0.2) is 31.0 Å². The summed E-state index contributed by atoms with van der Waals surface area (Å²) >= 11 is 0. The molecule has 8 nitrogen and oxygen atoms in total. The average molecular weight is 387 g/mol. The number of esters is 1. The Hall–Kier alpha value is -2.81. The first-order valence-corrected chi connectivity index (χ1v) is 7.45. The van der Waals surface area contributed by atoms with E-state index in [1.807, 2.05) is 13.8 Å². The van der Waals surface area contributed by atoms with Crippen LogP contribution in [0.15, 0.2) is 34.8 Å². The molecule has 1 atom stereocenters. The largest absolute Gasteiger partial charge is 0.466 e. The van der Waals surface area contributed by atoms with Gasteiger partial charge in [-0.3, -0.25) is 5.41 Å². The van der Waals surface area contributed by atoms with Crippen molar-refractivity contribution in [2.24, 2.45) is 28.1 Å². The molecule has 0 aliphatic carbocycles. The van der Waals surface area contributed by atoms with Gasteiger partial charge in [-0.05, 0) is 35.7 Å². The molecule has 1 aliphatic heterocycles. The molecule has 2 rings (SSSR count).